The topological polar surface area (TPSA) is 16.1 Å². The Kier molecular flexibility index (Phi) is 4.85. The van der Waals surface area contributed by atoms with E-state index in [-0.39, 0.29) is 16.2 Å². The Morgan fingerprint density at radius 3 is 1.58 bits per heavy atom. The van der Waals surface area contributed by atoms with Crippen molar-refractivity contribution < 1.29 is 0 Å². The third-order valence-corrected chi connectivity index (χ3v) is 6.71. The number of benzene rings is 2. The average Bonchev–Trinajstić information content (AvgIpc) is 2.67. The maximum atomic E-state index is 4.61. The van der Waals surface area contributed by atoms with Gasteiger partial charge in [0.15, 0.2) is 0 Å². The zero-order valence-electron chi connectivity index (χ0n) is 20.6. The summed E-state index contributed by atoms with van der Waals surface area (Å²) in [7, 11) is 0. The summed E-state index contributed by atoms with van der Waals surface area (Å²) in [6, 6.07) is 18.3. The minimum absolute atomic E-state index is 0.0954. The number of rotatable bonds is 1. The second-order valence-electron chi connectivity index (χ2n) is 11.6. The molecule has 162 valence electrons. The minimum Gasteiger partial charge on any atom is -0.308 e. The van der Waals surface area contributed by atoms with Crippen LogP contribution in [0.15, 0.2) is 54.7 Å². The van der Waals surface area contributed by atoms with Crippen molar-refractivity contribution >= 4 is 17.1 Å². The van der Waals surface area contributed by atoms with Gasteiger partial charge >= 0.3 is 0 Å². The Labute approximate surface area is 188 Å². The predicted octanol–water partition coefficient (Wildman–Crippen LogP) is 8.09. The highest BCUT2D eigenvalue weighted by Gasteiger charge is 2.38. The Balaban J connectivity index is 2.03. The summed E-state index contributed by atoms with van der Waals surface area (Å²) in [5.74, 6) is 0. The molecule has 0 saturated carbocycles. The molecule has 1 aliphatic heterocycles. The van der Waals surface area contributed by atoms with Gasteiger partial charge in [-0.05, 0) is 64.3 Å². The van der Waals surface area contributed by atoms with Crippen molar-refractivity contribution in [1.82, 2.24) is 4.98 Å². The maximum Gasteiger partial charge on any atom is 0.0645 e. The normalized spacial score (nSPS) is 15.5. The molecule has 0 aliphatic carbocycles. The van der Waals surface area contributed by atoms with Crippen molar-refractivity contribution in [1.29, 1.82) is 0 Å². The molecule has 2 nitrogen and oxygen atoms in total. The van der Waals surface area contributed by atoms with Crippen LogP contribution in [0.3, 0.4) is 0 Å². The highest BCUT2D eigenvalue weighted by Crippen LogP contribution is 2.53. The standard InChI is InChI=1S/C29H36N2/c1-19-10-13-22(18-30-19)31-25-14-11-20(27(2,3)4)16-23(25)29(8,9)24-17-21(28(5,6)7)12-15-26(24)31/h10-18H,1-9H3. The molecule has 0 amide bonds. The van der Waals surface area contributed by atoms with Crippen molar-refractivity contribution in [2.45, 2.75) is 78.6 Å². The number of anilines is 3. The first-order valence-electron chi connectivity index (χ1n) is 11.3. The van der Waals surface area contributed by atoms with E-state index in [1.54, 1.807) is 0 Å². The first-order valence-corrected chi connectivity index (χ1v) is 11.3. The molecule has 2 heterocycles. The van der Waals surface area contributed by atoms with Crippen molar-refractivity contribution in [3.63, 3.8) is 0 Å². The van der Waals surface area contributed by atoms with E-state index in [1.807, 2.05) is 13.1 Å². The maximum absolute atomic E-state index is 4.61. The SMILES string of the molecule is Cc1ccc(N2c3ccc(C(C)(C)C)cc3C(C)(C)c3cc(C(C)(C)C)ccc32)cn1. The van der Waals surface area contributed by atoms with Gasteiger partial charge in [-0.25, -0.2) is 0 Å². The second kappa shape index (κ2) is 6.95. The number of nitrogens with zero attached hydrogens (tertiary/aromatic N) is 2. The highest BCUT2D eigenvalue weighted by atomic mass is 15.2. The van der Waals surface area contributed by atoms with Gasteiger partial charge in [0.1, 0.15) is 0 Å². The predicted molar refractivity (Wildman–Crippen MR) is 133 cm³/mol. The smallest absolute Gasteiger partial charge is 0.0645 e. The first kappa shape index (κ1) is 21.6. The lowest BCUT2D eigenvalue weighted by Crippen LogP contribution is -2.32. The molecule has 3 aromatic rings. The Bertz CT molecular complexity index is 1060. The van der Waals surface area contributed by atoms with Crippen LogP contribution in [0.25, 0.3) is 0 Å². The van der Waals surface area contributed by atoms with E-state index in [4.69, 9.17) is 0 Å². The van der Waals surface area contributed by atoms with E-state index < -0.39 is 0 Å². The number of hydrogen-bond donors (Lipinski definition) is 0. The molecular formula is C29H36N2. The van der Waals surface area contributed by atoms with E-state index in [1.165, 1.54) is 33.6 Å². The summed E-state index contributed by atoms with van der Waals surface area (Å²) in [6.07, 6.45) is 2.00. The molecule has 0 spiro atoms. The lowest BCUT2D eigenvalue weighted by molar-refractivity contribution is 0.573. The van der Waals surface area contributed by atoms with Gasteiger partial charge in [0, 0.05) is 11.1 Å². The summed E-state index contributed by atoms with van der Waals surface area (Å²) in [6.45, 7) is 20.5. The van der Waals surface area contributed by atoms with E-state index in [9.17, 15) is 0 Å². The van der Waals surface area contributed by atoms with Crippen LogP contribution in [-0.4, -0.2) is 4.98 Å². The zero-order chi connectivity index (χ0) is 22.8. The lowest BCUT2D eigenvalue weighted by Gasteiger charge is -2.43. The molecule has 1 aliphatic rings. The molecule has 0 bridgehead atoms. The molecule has 0 atom stereocenters. The van der Waals surface area contributed by atoms with Gasteiger partial charge in [-0.3, -0.25) is 4.98 Å². The molecule has 4 rings (SSSR count). The third-order valence-electron chi connectivity index (χ3n) is 6.71. The van der Waals surface area contributed by atoms with Crippen LogP contribution < -0.4 is 4.90 Å². The Hall–Kier alpha value is -2.61. The molecule has 1 aromatic heterocycles. The average molecular weight is 413 g/mol. The van der Waals surface area contributed by atoms with E-state index in [0.29, 0.717) is 0 Å². The van der Waals surface area contributed by atoms with Gasteiger partial charge in [0.25, 0.3) is 0 Å². The van der Waals surface area contributed by atoms with Gasteiger partial charge in [0.2, 0.25) is 0 Å². The van der Waals surface area contributed by atoms with Crippen molar-refractivity contribution in [2.24, 2.45) is 0 Å². The molecule has 0 fully saturated rings. The fourth-order valence-electron chi connectivity index (χ4n) is 4.54. The number of fused-ring (bicyclic) bond motifs is 2. The Morgan fingerprint density at radius 1 is 0.710 bits per heavy atom. The number of hydrogen-bond acceptors (Lipinski definition) is 2. The summed E-state index contributed by atoms with van der Waals surface area (Å²) >= 11 is 0. The first-order chi connectivity index (χ1) is 14.3. The van der Waals surface area contributed by atoms with Gasteiger partial charge in [-0.1, -0.05) is 79.7 Å². The van der Waals surface area contributed by atoms with Crippen molar-refractivity contribution in [2.75, 3.05) is 4.90 Å². The summed E-state index contributed by atoms with van der Waals surface area (Å²) < 4.78 is 0. The zero-order valence-corrected chi connectivity index (χ0v) is 20.6. The van der Waals surface area contributed by atoms with Crippen LogP contribution in [0.2, 0.25) is 0 Å². The van der Waals surface area contributed by atoms with E-state index in [0.717, 1.165) is 11.4 Å². The molecule has 2 heteroatoms. The van der Waals surface area contributed by atoms with E-state index in [2.05, 4.69) is 114 Å². The molecule has 0 unspecified atom stereocenters. The van der Waals surface area contributed by atoms with Crippen LogP contribution in [0.1, 0.15) is 83.3 Å². The van der Waals surface area contributed by atoms with Crippen LogP contribution in [-0.2, 0) is 16.2 Å². The van der Waals surface area contributed by atoms with Gasteiger partial charge in [-0.15, -0.1) is 0 Å². The molecule has 31 heavy (non-hydrogen) atoms. The van der Waals surface area contributed by atoms with E-state index >= 15 is 0 Å². The molecule has 0 N–H and O–H groups in total. The molecule has 0 radical (unpaired) electrons. The van der Waals surface area contributed by atoms with Crippen LogP contribution in [0.4, 0.5) is 17.1 Å². The van der Waals surface area contributed by atoms with Gasteiger partial charge < -0.3 is 4.90 Å². The van der Waals surface area contributed by atoms with Gasteiger partial charge in [0.05, 0.1) is 23.3 Å². The van der Waals surface area contributed by atoms with Crippen LogP contribution in [0.5, 0.6) is 0 Å². The number of aryl methyl sites for hydroxylation is 1. The third kappa shape index (κ3) is 3.67. The monoisotopic (exact) mass is 412 g/mol. The fraction of sp³-hybridized carbons (Fsp3) is 0.414. The summed E-state index contributed by atoms with van der Waals surface area (Å²) in [5, 5.41) is 0. The molecule has 0 saturated heterocycles. The van der Waals surface area contributed by atoms with Gasteiger partial charge in [-0.2, -0.15) is 0 Å². The lowest BCUT2D eigenvalue weighted by atomic mass is 9.70. The Morgan fingerprint density at radius 2 is 1.19 bits per heavy atom. The molecular weight excluding hydrogens is 376 g/mol. The quantitative estimate of drug-likeness (QED) is 0.401. The molecule has 2 aromatic carbocycles. The highest BCUT2D eigenvalue weighted by molar-refractivity contribution is 5.86. The largest absolute Gasteiger partial charge is 0.308 e. The summed E-state index contributed by atoms with van der Waals surface area (Å²) in [5.41, 5.74) is 10.3. The number of aromatic nitrogens is 1. The van der Waals surface area contributed by atoms with Crippen LogP contribution in [0, 0.1) is 6.92 Å². The number of pyridine rings is 1. The van der Waals surface area contributed by atoms with Crippen LogP contribution >= 0.6 is 0 Å². The van der Waals surface area contributed by atoms with Crippen molar-refractivity contribution in [3.8, 4) is 0 Å². The summed E-state index contributed by atoms with van der Waals surface area (Å²) in [4.78, 5) is 7.00. The second-order valence-corrected chi connectivity index (χ2v) is 11.6. The fourth-order valence-corrected chi connectivity index (χ4v) is 4.54. The van der Waals surface area contributed by atoms with Crippen molar-refractivity contribution in [3.05, 3.63) is 82.7 Å². The minimum atomic E-state index is -0.0954.